The fourth-order valence-electron chi connectivity index (χ4n) is 7.26. The molecule has 3 aliphatic heterocycles. The van der Waals surface area contributed by atoms with Gasteiger partial charge in [0.2, 0.25) is 11.8 Å². The lowest BCUT2D eigenvalue weighted by molar-refractivity contribution is -0.124. The van der Waals surface area contributed by atoms with Gasteiger partial charge in [0.25, 0.3) is 0 Å². The van der Waals surface area contributed by atoms with Crippen molar-refractivity contribution in [1.82, 2.24) is 44.4 Å². The predicted octanol–water partition coefficient (Wildman–Crippen LogP) is 4.36. The number of unbranched alkanes of at least 4 members (excludes halogenated alkanes) is 2. The molecule has 2 amide bonds. The number of amides is 2. The highest BCUT2D eigenvalue weighted by molar-refractivity contribution is 8.54. The Bertz CT molecular complexity index is 2720. The van der Waals surface area contributed by atoms with Crippen LogP contribution in [0.5, 0.6) is 0 Å². The highest BCUT2D eigenvalue weighted by Crippen LogP contribution is 2.65. The SMILES string of the molecule is [B-][P@]1(=O)OC[C@H]2O[C@@H](n3cnc4c(N)ncnc43)[C@H](F)[C@@H]2O[P@@](=O)(SCc2ccc(NC(=O)CNC(=O)CCCCCN=[N+]=[N-])cc2)OC[C@H]2O[C@@H](n3cnc4c(N)ncnc43)[C@H](F)[C@@H]2O1. The number of anilines is 3. The zero-order valence-corrected chi connectivity index (χ0v) is 37.0. The molecule has 349 valence electrons. The molecule has 3 saturated heterocycles. The molecule has 3 aliphatic rings. The largest absolute Gasteiger partial charge is 0.444 e. The van der Waals surface area contributed by atoms with Gasteiger partial charge >= 0.3 is 6.80 Å². The van der Waals surface area contributed by atoms with E-state index in [2.05, 4.69) is 50.6 Å². The number of nitrogens with two attached hydrogens (primary N) is 2. The Kier molecular flexibility index (Phi) is 14.5. The van der Waals surface area contributed by atoms with Crippen molar-refractivity contribution >= 4 is 84.7 Å². The van der Waals surface area contributed by atoms with E-state index in [9.17, 15) is 18.7 Å². The van der Waals surface area contributed by atoms with E-state index in [0.717, 1.165) is 12.7 Å². The van der Waals surface area contributed by atoms with Gasteiger partial charge in [-0.25, -0.2) is 43.2 Å². The van der Waals surface area contributed by atoms with E-state index in [-0.39, 0.29) is 58.6 Å². The smallest absolute Gasteiger partial charge is 0.389 e. The Balaban J connectivity index is 0.995. The quantitative estimate of drug-likeness (QED) is 0.0300. The number of alkyl halides is 2. The van der Waals surface area contributed by atoms with Crippen LogP contribution < -0.4 is 22.1 Å². The first kappa shape index (κ1) is 47.2. The average molecular weight is 974 g/mol. The molecule has 0 spiro atoms. The van der Waals surface area contributed by atoms with Crippen molar-refractivity contribution in [2.45, 2.75) is 80.7 Å². The van der Waals surface area contributed by atoms with Crippen LogP contribution in [0.4, 0.5) is 26.1 Å². The number of halogens is 2. The zero-order valence-electron chi connectivity index (χ0n) is 34.4. The number of benzene rings is 1. The number of rotatable bonds is 14. The molecule has 4 aromatic heterocycles. The first-order chi connectivity index (χ1) is 31.7. The molecule has 7 heterocycles. The minimum Gasteiger partial charge on any atom is -0.444 e. The number of nitrogens with one attached hydrogen (secondary N) is 2. The van der Waals surface area contributed by atoms with Crippen LogP contribution >= 0.6 is 25.7 Å². The molecular formula is C35H40BF2N15O10P2S-. The van der Waals surface area contributed by atoms with E-state index in [1.807, 2.05) is 0 Å². The van der Waals surface area contributed by atoms with Gasteiger partial charge in [-0.2, -0.15) is 0 Å². The number of nitrogen functional groups attached to an aromatic ring is 2. The lowest BCUT2D eigenvalue weighted by Crippen LogP contribution is -2.37. The molecular weight excluding hydrogens is 933 g/mol. The van der Waals surface area contributed by atoms with E-state index >= 15 is 8.78 Å². The van der Waals surface area contributed by atoms with Gasteiger partial charge in [0, 0.05) is 29.3 Å². The molecule has 0 aliphatic carbocycles. The summed E-state index contributed by atoms with van der Waals surface area (Å²) in [5, 5.41) is 8.68. The fourth-order valence-corrected chi connectivity index (χ4v) is 11.6. The second kappa shape index (κ2) is 20.3. The number of azide groups is 1. The second-order valence-corrected chi connectivity index (χ2v) is 20.5. The Labute approximate surface area is 377 Å². The first-order valence-electron chi connectivity index (χ1n) is 20.1. The third kappa shape index (κ3) is 10.6. The van der Waals surface area contributed by atoms with Crippen molar-refractivity contribution in [2.24, 2.45) is 5.11 Å². The zero-order chi connectivity index (χ0) is 46.6. The Hall–Kier alpha value is -5.34. The molecule has 5 aromatic rings. The van der Waals surface area contributed by atoms with Gasteiger partial charge in [0.05, 0.1) is 39.9 Å². The Morgan fingerprint density at radius 3 is 2.05 bits per heavy atom. The van der Waals surface area contributed by atoms with Crippen molar-refractivity contribution in [2.75, 3.05) is 43.1 Å². The van der Waals surface area contributed by atoms with E-state index in [1.165, 1.54) is 21.8 Å². The number of carbonyl (C=O) groups is 2. The molecule has 8 rings (SSSR count). The van der Waals surface area contributed by atoms with Crippen LogP contribution in [0.1, 0.15) is 43.7 Å². The van der Waals surface area contributed by atoms with E-state index in [1.54, 1.807) is 24.3 Å². The van der Waals surface area contributed by atoms with Crippen LogP contribution in [0, 0.1) is 0 Å². The number of aromatic nitrogens is 8. The van der Waals surface area contributed by atoms with Crippen molar-refractivity contribution in [1.29, 1.82) is 0 Å². The molecule has 31 heteroatoms. The molecule has 0 bridgehead atoms. The summed E-state index contributed by atoms with van der Waals surface area (Å²) < 4.78 is 99.6. The van der Waals surface area contributed by atoms with Gasteiger partial charge in [-0.3, -0.25) is 27.8 Å². The third-order valence-electron chi connectivity index (χ3n) is 10.5. The maximum atomic E-state index is 16.8. The van der Waals surface area contributed by atoms with E-state index < -0.39 is 82.6 Å². The second-order valence-electron chi connectivity index (χ2n) is 15.0. The van der Waals surface area contributed by atoms with Crippen LogP contribution in [0.2, 0.25) is 0 Å². The summed E-state index contributed by atoms with van der Waals surface area (Å²) in [6.45, 7) is -5.98. The number of hydrogen-bond donors (Lipinski definition) is 4. The summed E-state index contributed by atoms with van der Waals surface area (Å²) in [5.41, 5.74) is 21.7. The third-order valence-corrected chi connectivity index (χ3v) is 15.2. The molecule has 10 atom stereocenters. The van der Waals surface area contributed by atoms with Crippen LogP contribution in [0.3, 0.4) is 0 Å². The summed E-state index contributed by atoms with van der Waals surface area (Å²) in [4.78, 5) is 51.8. The predicted molar refractivity (Wildman–Crippen MR) is 232 cm³/mol. The maximum Gasteiger partial charge on any atom is 0.389 e. The average Bonchev–Trinajstić information content (AvgIpc) is 4.07. The molecule has 1 aromatic carbocycles. The van der Waals surface area contributed by atoms with Gasteiger partial charge in [0.15, 0.2) is 47.7 Å². The van der Waals surface area contributed by atoms with Gasteiger partial charge < -0.3 is 52.8 Å². The van der Waals surface area contributed by atoms with E-state index in [4.69, 9.17) is 52.1 Å². The number of imidazole rings is 2. The molecule has 3 fully saturated rings. The molecule has 0 unspecified atom stereocenters. The van der Waals surface area contributed by atoms with Crippen LogP contribution in [-0.4, -0.2) is 121 Å². The van der Waals surface area contributed by atoms with Crippen molar-refractivity contribution in [3.05, 3.63) is 65.6 Å². The molecule has 3 radical (unpaired) electrons. The standard InChI is InChI=1S/C35H40BF2N15O10P2S/c36-64(56)58-11-20-29(25(38)35(60-20)53-17-48-27-31(40)44-15-46-33(27)53)63-65(57,59-12-21-28(62-64)24(37)34(61-21)52-16-47-26-30(39)43-14-45-32(26)52)66-13-18-5-7-19(8-6-18)50-23(55)10-42-22(54)4-2-1-3-9-49-51-41/h5-8,14-17,20-21,24-25,28-29,34-35H,1-4,9-13H2,(H,42,54)(H,50,55)(H2,39,43,45)(H2,40,44,46)/q-1/t20-,21-,24-,25-,28-,29-,34-,35-,64+,65+/m1/s1. The van der Waals surface area contributed by atoms with Crippen LogP contribution in [-0.2, 0) is 52.0 Å². The van der Waals surface area contributed by atoms with Gasteiger partial charge in [-0.1, -0.05) is 23.7 Å². The highest BCUT2D eigenvalue weighted by atomic mass is 32.7. The number of ether oxygens (including phenoxy) is 2. The summed E-state index contributed by atoms with van der Waals surface area (Å²) in [5.74, 6) is -0.836. The first-order valence-corrected chi connectivity index (χ1v) is 24.9. The van der Waals surface area contributed by atoms with E-state index in [0.29, 0.717) is 48.4 Å². The monoisotopic (exact) mass is 973 g/mol. The summed E-state index contributed by atoms with van der Waals surface area (Å²) in [6, 6.07) is 6.38. The van der Waals surface area contributed by atoms with Gasteiger partial charge in [0.1, 0.15) is 48.1 Å². The van der Waals surface area contributed by atoms with Gasteiger partial charge in [-0.05, 0) is 47.5 Å². The summed E-state index contributed by atoms with van der Waals surface area (Å²) in [6.07, 6.45) is -6.97. The van der Waals surface area contributed by atoms with Crippen LogP contribution in [0.25, 0.3) is 32.8 Å². The minimum absolute atomic E-state index is 0.0106. The number of fused-ring (bicyclic) bond motifs is 4. The lowest BCUT2D eigenvalue weighted by Gasteiger charge is -2.35. The summed E-state index contributed by atoms with van der Waals surface area (Å²) in [7, 11) is 1.29. The van der Waals surface area contributed by atoms with Crippen molar-refractivity contribution in [3.8, 4) is 0 Å². The summed E-state index contributed by atoms with van der Waals surface area (Å²) >= 11 is 0.658. The molecule has 66 heavy (non-hydrogen) atoms. The molecule has 25 nitrogen and oxygen atoms in total. The Morgan fingerprint density at radius 1 is 0.848 bits per heavy atom. The highest BCUT2D eigenvalue weighted by Gasteiger charge is 2.54. The topological polar surface area (TPSA) is 336 Å². The van der Waals surface area contributed by atoms with Crippen molar-refractivity contribution in [3.63, 3.8) is 0 Å². The number of hydrogen-bond acceptors (Lipinski definition) is 20. The normalized spacial score (nSPS) is 29.0. The fraction of sp³-hybridized carbons (Fsp3) is 0.486. The minimum atomic E-state index is -4.71. The molecule has 6 N–H and O–H groups in total. The lowest BCUT2D eigenvalue weighted by atomic mass is 10.1. The number of nitrogens with zero attached hydrogens (tertiary/aromatic N) is 11. The maximum absolute atomic E-state index is 16.8. The van der Waals surface area contributed by atoms with Crippen molar-refractivity contribution < 1.29 is 55.1 Å². The number of carbonyl (C=O) groups excluding carboxylic acids is 2. The van der Waals surface area contributed by atoms with Crippen LogP contribution in [0.15, 0.2) is 54.7 Å². The van der Waals surface area contributed by atoms with Gasteiger partial charge in [-0.15, -0.1) is 0 Å². The molecule has 0 saturated carbocycles. The Morgan fingerprint density at radius 2 is 1.44 bits per heavy atom.